The minimum Gasteiger partial charge on any atom is -0.481 e. The molecule has 1 aromatic heterocycles. The van der Waals surface area contributed by atoms with Gasteiger partial charge in [-0.25, -0.2) is 4.79 Å². The molecule has 0 saturated carbocycles. The smallest absolute Gasteiger partial charge is 0.348 e. The SMILES string of the molecule is CCc1nc(=O)n(CC(N)=O)c(CC)c1CC(=O)O. The van der Waals surface area contributed by atoms with Gasteiger partial charge in [0, 0.05) is 11.3 Å². The van der Waals surface area contributed by atoms with E-state index in [-0.39, 0.29) is 13.0 Å². The number of carboxylic acid groups (broad SMARTS) is 1. The summed E-state index contributed by atoms with van der Waals surface area (Å²) < 4.78 is 1.15. The first kappa shape index (κ1) is 14.9. The molecule has 0 aromatic carbocycles. The highest BCUT2D eigenvalue weighted by Crippen LogP contribution is 2.13. The number of hydrogen-bond donors (Lipinski definition) is 2. The second-order valence-electron chi connectivity index (χ2n) is 4.10. The zero-order valence-electron chi connectivity index (χ0n) is 11.0. The van der Waals surface area contributed by atoms with Crippen LogP contribution in [0.2, 0.25) is 0 Å². The van der Waals surface area contributed by atoms with E-state index in [0.29, 0.717) is 29.8 Å². The molecule has 1 heterocycles. The molecule has 0 radical (unpaired) electrons. The van der Waals surface area contributed by atoms with Crippen LogP contribution in [0.3, 0.4) is 0 Å². The monoisotopic (exact) mass is 267 g/mol. The highest BCUT2D eigenvalue weighted by Gasteiger charge is 2.18. The van der Waals surface area contributed by atoms with Crippen LogP contribution in [0.1, 0.15) is 30.8 Å². The van der Waals surface area contributed by atoms with Gasteiger partial charge in [0.2, 0.25) is 5.91 Å². The van der Waals surface area contributed by atoms with E-state index in [1.165, 1.54) is 0 Å². The predicted octanol–water partition coefficient (Wildman–Crippen LogP) is -0.519. The molecule has 0 aliphatic heterocycles. The molecule has 7 heteroatoms. The Morgan fingerprint density at radius 1 is 1.32 bits per heavy atom. The van der Waals surface area contributed by atoms with E-state index < -0.39 is 17.6 Å². The molecule has 0 bridgehead atoms. The van der Waals surface area contributed by atoms with E-state index in [1.54, 1.807) is 13.8 Å². The molecule has 104 valence electrons. The van der Waals surface area contributed by atoms with Gasteiger partial charge in [-0.3, -0.25) is 14.2 Å². The van der Waals surface area contributed by atoms with Crippen LogP contribution in [-0.4, -0.2) is 26.5 Å². The van der Waals surface area contributed by atoms with E-state index in [2.05, 4.69) is 4.98 Å². The lowest BCUT2D eigenvalue weighted by atomic mass is 10.0. The summed E-state index contributed by atoms with van der Waals surface area (Å²) in [6.45, 7) is 3.30. The number of carboxylic acids is 1. The van der Waals surface area contributed by atoms with Crippen LogP contribution in [-0.2, 0) is 35.4 Å². The van der Waals surface area contributed by atoms with Crippen LogP contribution >= 0.6 is 0 Å². The lowest BCUT2D eigenvalue weighted by Crippen LogP contribution is -2.34. The standard InChI is InChI=1S/C12H17N3O4/c1-3-8-7(5-11(17)18)9(4-2)15(6-10(13)16)12(19)14-8/h3-6H2,1-2H3,(H2,13,16)(H,17,18). The van der Waals surface area contributed by atoms with Gasteiger partial charge < -0.3 is 10.8 Å². The molecule has 0 atom stereocenters. The molecule has 3 N–H and O–H groups in total. The minimum atomic E-state index is -1.00. The van der Waals surface area contributed by atoms with E-state index in [4.69, 9.17) is 10.8 Å². The summed E-state index contributed by atoms with van der Waals surface area (Å²) in [4.78, 5) is 37.6. The fourth-order valence-corrected chi connectivity index (χ4v) is 2.06. The van der Waals surface area contributed by atoms with E-state index in [1.807, 2.05) is 0 Å². The molecule has 1 aromatic rings. The van der Waals surface area contributed by atoms with Crippen LogP contribution in [0.5, 0.6) is 0 Å². The zero-order chi connectivity index (χ0) is 14.6. The number of aryl methyl sites for hydroxylation is 1. The van der Waals surface area contributed by atoms with Crippen molar-refractivity contribution in [3.8, 4) is 0 Å². The van der Waals surface area contributed by atoms with Gasteiger partial charge in [0.1, 0.15) is 6.54 Å². The lowest BCUT2D eigenvalue weighted by Gasteiger charge is -2.16. The van der Waals surface area contributed by atoms with E-state index in [9.17, 15) is 14.4 Å². The molecule has 1 amide bonds. The second-order valence-corrected chi connectivity index (χ2v) is 4.10. The number of carbonyl (C=O) groups excluding carboxylic acids is 1. The van der Waals surface area contributed by atoms with E-state index in [0.717, 1.165) is 4.57 Å². The predicted molar refractivity (Wildman–Crippen MR) is 67.8 cm³/mol. The molecular weight excluding hydrogens is 250 g/mol. The highest BCUT2D eigenvalue weighted by molar-refractivity contribution is 5.74. The first-order chi connectivity index (χ1) is 8.90. The summed E-state index contributed by atoms with van der Waals surface area (Å²) in [6.07, 6.45) is 0.668. The Hall–Kier alpha value is -2.18. The van der Waals surface area contributed by atoms with Crippen LogP contribution in [0.15, 0.2) is 4.79 Å². The highest BCUT2D eigenvalue weighted by atomic mass is 16.4. The Morgan fingerprint density at radius 2 is 1.95 bits per heavy atom. The number of nitrogens with two attached hydrogens (primary N) is 1. The Labute approximate surface area is 110 Å². The normalized spacial score (nSPS) is 10.4. The maximum Gasteiger partial charge on any atom is 0.348 e. The van der Waals surface area contributed by atoms with Gasteiger partial charge in [-0.15, -0.1) is 0 Å². The molecule has 0 saturated heterocycles. The van der Waals surface area contributed by atoms with Crippen molar-refractivity contribution in [2.45, 2.75) is 39.7 Å². The van der Waals surface area contributed by atoms with Crippen LogP contribution in [0, 0.1) is 0 Å². The van der Waals surface area contributed by atoms with Gasteiger partial charge in [0.15, 0.2) is 0 Å². The van der Waals surface area contributed by atoms with Gasteiger partial charge in [0.05, 0.1) is 12.1 Å². The molecule has 19 heavy (non-hydrogen) atoms. The van der Waals surface area contributed by atoms with Gasteiger partial charge >= 0.3 is 11.7 Å². The van der Waals surface area contributed by atoms with Crippen molar-refractivity contribution in [2.75, 3.05) is 0 Å². The average molecular weight is 267 g/mol. The summed E-state index contributed by atoms with van der Waals surface area (Å²) in [5.74, 6) is -1.67. The number of aromatic nitrogens is 2. The van der Waals surface area contributed by atoms with Crippen LogP contribution in [0.25, 0.3) is 0 Å². The summed E-state index contributed by atoms with van der Waals surface area (Å²) in [5.41, 5.74) is 6.00. The number of rotatable bonds is 6. The third-order valence-electron chi connectivity index (χ3n) is 2.80. The average Bonchev–Trinajstić information content (AvgIpc) is 2.32. The second kappa shape index (κ2) is 6.12. The van der Waals surface area contributed by atoms with Crippen molar-refractivity contribution < 1.29 is 14.7 Å². The number of amides is 1. The summed E-state index contributed by atoms with van der Waals surface area (Å²) >= 11 is 0. The maximum absolute atomic E-state index is 11.8. The third-order valence-corrected chi connectivity index (χ3v) is 2.80. The van der Waals surface area contributed by atoms with Crippen molar-refractivity contribution in [3.63, 3.8) is 0 Å². The van der Waals surface area contributed by atoms with Gasteiger partial charge in [-0.1, -0.05) is 13.8 Å². The molecule has 7 nitrogen and oxygen atoms in total. The topological polar surface area (TPSA) is 115 Å². The Morgan fingerprint density at radius 3 is 2.37 bits per heavy atom. The minimum absolute atomic E-state index is 0.224. The fourth-order valence-electron chi connectivity index (χ4n) is 2.06. The lowest BCUT2D eigenvalue weighted by molar-refractivity contribution is -0.136. The maximum atomic E-state index is 11.8. The largest absolute Gasteiger partial charge is 0.481 e. The number of carbonyl (C=O) groups is 2. The first-order valence-corrected chi connectivity index (χ1v) is 6.02. The number of primary amides is 1. The molecular formula is C12H17N3O4. The Kier molecular flexibility index (Phi) is 4.80. The molecule has 0 fully saturated rings. The zero-order valence-corrected chi connectivity index (χ0v) is 11.0. The third kappa shape index (κ3) is 3.40. The number of hydrogen-bond acceptors (Lipinski definition) is 4. The number of nitrogens with zero attached hydrogens (tertiary/aromatic N) is 2. The Bertz CT molecular complexity index is 563. The van der Waals surface area contributed by atoms with Crippen molar-refractivity contribution in [1.82, 2.24) is 9.55 Å². The molecule has 0 aliphatic rings. The van der Waals surface area contributed by atoms with Gasteiger partial charge in [-0.05, 0) is 12.8 Å². The van der Waals surface area contributed by atoms with Gasteiger partial charge in [0.25, 0.3) is 0 Å². The van der Waals surface area contributed by atoms with Crippen molar-refractivity contribution in [1.29, 1.82) is 0 Å². The Balaban J connectivity index is 3.52. The summed E-state index contributed by atoms with van der Waals surface area (Å²) in [7, 11) is 0. The first-order valence-electron chi connectivity index (χ1n) is 6.02. The van der Waals surface area contributed by atoms with Crippen molar-refractivity contribution in [2.24, 2.45) is 5.73 Å². The number of aliphatic carboxylic acids is 1. The van der Waals surface area contributed by atoms with Crippen LogP contribution < -0.4 is 11.4 Å². The van der Waals surface area contributed by atoms with Crippen LogP contribution in [0.4, 0.5) is 0 Å². The molecule has 0 spiro atoms. The molecule has 1 rings (SSSR count). The van der Waals surface area contributed by atoms with E-state index >= 15 is 0 Å². The summed E-state index contributed by atoms with van der Waals surface area (Å²) in [5, 5.41) is 8.94. The van der Waals surface area contributed by atoms with Gasteiger partial charge in [-0.2, -0.15) is 4.98 Å². The quantitative estimate of drug-likeness (QED) is 0.719. The molecule has 0 aliphatic carbocycles. The van der Waals surface area contributed by atoms with Crippen molar-refractivity contribution in [3.05, 3.63) is 27.4 Å². The van der Waals surface area contributed by atoms with Crippen molar-refractivity contribution >= 4 is 11.9 Å². The fraction of sp³-hybridized carbons (Fsp3) is 0.500. The summed E-state index contributed by atoms with van der Waals surface area (Å²) in [6, 6.07) is 0. The molecule has 0 unspecified atom stereocenters.